The Morgan fingerprint density at radius 2 is 2.15 bits per heavy atom. The van der Waals surface area contributed by atoms with Crippen molar-refractivity contribution < 1.29 is 0 Å². The van der Waals surface area contributed by atoms with E-state index in [1.807, 2.05) is 10.9 Å². The Hall–Kier alpha value is -1.88. The first-order chi connectivity index (χ1) is 9.86. The van der Waals surface area contributed by atoms with E-state index in [-0.39, 0.29) is 0 Å². The molecule has 0 atom stereocenters. The minimum Gasteiger partial charge on any atom is -0.369 e. The first-order valence-corrected chi connectivity index (χ1v) is 7.29. The van der Waals surface area contributed by atoms with Crippen LogP contribution < -0.4 is 10.2 Å². The molecule has 0 fully saturated rings. The molecule has 5 nitrogen and oxygen atoms in total. The molecule has 3 rings (SSSR count). The first kappa shape index (κ1) is 13.1. The van der Waals surface area contributed by atoms with E-state index in [0.717, 1.165) is 44.8 Å². The van der Waals surface area contributed by atoms with Crippen molar-refractivity contribution in [1.82, 2.24) is 20.3 Å². The number of anilines is 1. The molecule has 2 aromatic rings. The highest BCUT2D eigenvalue weighted by Crippen LogP contribution is 2.26. The third kappa shape index (κ3) is 2.82. The molecule has 1 aromatic carbocycles. The van der Waals surface area contributed by atoms with Gasteiger partial charge in [0, 0.05) is 31.5 Å². The van der Waals surface area contributed by atoms with Gasteiger partial charge < -0.3 is 10.2 Å². The van der Waals surface area contributed by atoms with E-state index in [9.17, 15) is 0 Å². The molecule has 0 saturated carbocycles. The number of aromatic nitrogens is 3. The molecule has 1 aliphatic heterocycles. The molecule has 106 valence electrons. The maximum atomic E-state index is 4.19. The van der Waals surface area contributed by atoms with E-state index < -0.39 is 0 Å². The molecule has 1 aromatic heterocycles. The predicted octanol–water partition coefficient (Wildman–Crippen LogP) is 1.45. The topological polar surface area (TPSA) is 46.0 Å². The predicted molar refractivity (Wildman–Crippen MR) is 79.8 cm³/mol. The summed E-state index contributed by atoms with van der Waals surface area (Å²) in [6, 6.07) is 8.66. The van der Waals surface area contributed by atoms with Crippen molar-refractivity contribution in [3.8, 4) is 0 Å². The molecular formula is C15H21N5. The number of rotatable bonds is 6. The third-order valence-electron chi connectivity index (χ3n) is 3.72. The van der Waals surface area contributed by atoms with Crippen LogP contribution in [0.1, 0.15) is 18.2 Å². The van der Waals surface area contributed by atoms with Gasteiger partial charge in [0.15, 0.2) is 0 Å². The lowest BCUT2D eigenvalue weighted by atomic mass is 10.2. The number of benzene rings is 1. The summed E-state index contributed by atoms with van der Waals surface area (Å²) in [6.07, 6.45) is 3.18. The van der Waals surface area contributed by atoms with Gasteiger partial charge in [-0.15, -0.1) is 5.10 Å². The second-order valence-corrected chi connectivity index (χ2v) is 5.12. The summed E-state index contributed by atoms with van der Waals surface area (Å²) in [5.74, 6) is 0. The van der Waals surface area contributed by atoms with Crippen molar-refractivity contribution in [1.29, 1.82) is 0 Å². The van der Waals surface area contributed by atoms with Crippen molar-refractivity contribution in [3.05, 3.63) is 41.7 Å². The zero-order valence-electron chi connectivity index (χ0n) is 11.9. The molecule has 5 heteroatoms. The highest BCUT2D eigenvalue weighted by Gasteiger charge is 2.17. The lowest BCUT2D eigenvalue weighted by Gasteiger charge is -2.18. The maximum Gasteiger partial charge on any atom is 0.0964 e. The largest absolute Gasteiger partial charge is 0.369 e. The first-order valence-electron chi connectivity index (χ1n) is 7.29. The minimum atomic E-state index is 0.795. The zero-order valence-corrected chi connectivity index (χ0v) is 11.9. The third-order valence-corrected chi connectivity index (χ3v) is 3.72. The van der Waals surface area contributed by atoms with Crippen LogP contribution in [0.2, 0.25) is 0 Å². The molecule has 1 aliphatic rings. The van der Waals surface area contributed by atoms with Gasteiger partial charge in [-0.1, -0.05) is 30.3 Å². The van der Waals surface area contributed by atoms with Crippen molar-refractivity contribution in [3.63, 3.8) is 0 Å². The van der Waals surface area contributed by atoms with Gasteiger partial charge in [0.1, 0.15) is 0 Å². The number of hydrogen-bond acceptors (Lipinski definition) is 4. The van der Waals surface area contributed by atoms with Crippen LogP contribution in [0.3, 0.4) is 0 Å². The van der Waals surface area contributed by atoms with Crippen molar-refractivity contribution in [2.45, 2.75) is 26.4 Å². The number of nitrogens with zero attached hydrogens (tertiary/aromatic N) is 4. The van der Waals surface area contributed by atoms with Gasteiger partial charge in [0.25, 0.3) is 0 Å². The van der Waals surface area contributed by atoms with Crippen LogP contribution in [-0.2, 0) is 19.5 Å². The molecule has 20 heavy (non-hydrogen) atoms. The van der Waals surface area contributed by atoms with Crippen LogP contribution in [0.5, 0.6) is 0 Å². The van der Waals surface area contributed by atoms with Crippen molar-refractivity contribution >= 4 is 5.69 Å². The van der Waals surface area contributed by atoms with Crippen LogP contribution in [-0.4, -0.2) is 34.6 Å². The Morgan fingerprint density at radius 3 is 3.05 bits per heavy atom. The summed E-state index contributed by atoms with van der Waals surface area (Å²) >= 11 is 0. The van der Waals surface area contributed by atoms with E-state index in [1.165, 1.54) is 11.3 Å². The Morgan fingerprint density at radius 1 is 1.25 bits per heavy atom. The summed E-state index contributed by atoms with van der Waals surface area (Å²) in [5, 5.41) is 11.6. The SMILES string of the molecule is CCNCc1cn(CCN2CCc3ccccc32)nn1. The van der Waals surface area contributed by atoms with Gasteiger partial charge in [-0.05, 0) is 24.6 Å². The van der Waals surface area contributed by atoms with E-state index in [0.29, 0.717) is 0 Å². The van der Waals surface area contributed by atoms with Crippen LogP contribution in [0.4, 0.5) is 5.69 Å². The Labute approximate surface area is 119 Å². The fourth-order valence-electron chi connectivity index (χ4n) is 2.64. The summed E-state index contributed by atoms with van der Waals surface area (Å²) in [7, 11) is 0. The van der Waals surface area contributed by atoms with Crippen molar-refractivity contribution in [2.75, 3.05) is 24.5 Å². The molecule has 0 spiro atoms. The quantitative estimate of drug-likeness (QED) is 0.864. The molecule has 0 aliphatic carbocycles. The standard InChI is InChI=1S/C15H21N5/c1-2-16-11-14-12-20(18-17-14)10-9-19-8-7-13-5-3-4-6-15(13)19/h3-6,12,16H,2,7-11H2,1H3. The van der Waals surface area contributed by atoms with Crippen LogP contribution >= 0.6 is 0 Å². The second kappa shape index (κ2) is 6.05. The van der Waals surface area contributed by atoms with Gasteiger partial charge >= 0.3 is 0 Å². The molecule has 0 amide bonds. The molecule has 0 saturated heterocycles. The van der Waals surface area contributed by atoms with Gasteiger partial charge in [0.2, 0.25) is 0 Å². The average Bonchev–Trinajstić information content (AvgIpc) is 3.10. The lowest BCUT2D eigenvalue weighted by Crippen LogP contribution is -2.25. The van der Waals surface area contributed by atoms with Gasteiger partial charge in [-0.3, -0.25) is 4.68 Å². The Balaban J connectivity index is 1.56. The second-order valence-electron chi connectivity index (χ2n) is 5.12. The average molecular weight is 271 g/mol. The minimum absolute atomic E-state index is 0.795. The van der Waals surface area contributed by atoms with E-state index in [2.05, 4.69) is 51.7 Å². The number of nitrogens with one attached hydrogen (secondary N) is 1. The molecular weight excluding hydrogens is 250 g/mol. The fraction of sp³-hybridized carbons (Fsp3) is 0.467. The summed E-state index contributed by atoms with van der Waals surface area (Å²) in [5.41, 5.74) is 3.84. The Bertz CT molecular complexity index is 563. The van der Waals surface area contributed by atoms with Gasteiger partial charge in [-0.25, -0.2) is 0 Å². The smallest absolute Gasteiger partial charge is 0.0964 e. The summed E-state index contributed by atoms with van der Waals surface area (Å²) in [4.78, 5) is 2.43. The van der Waals surface area contributed by atoms with Gasteiger partial charge in [0.05, 0.1) is 12.2 Å². The van der Waals surface area contributed by atoms with Gasteiger partial charge in [-0.2, -0.15) is 0 Å². The van der Waals surface area contributed by atoms with Crippen LogP contribution in [0.25, 0.3) is 0 Å². The van der Waals surface area contributed by atoms with E-state index >= 15 is 0 Å². The van der Waals surface area contributed by atoms with Crippen LogP contribution in [0, 0.1) is 0 Å². The zero-order chi connectivity index (χ0) is 13.8. The molecule has 1 N–H and O–H groups in total. The molecule has 0 unspecified atom stereocenters. The molecule has 0 bridgehead atoms. The van der Waals surface area contributed by atoms with Crippen LogP contribution in [0.15, 0.2) is 30.5 Å². The maximum absolute atomic E-state index is 4.19. The van der Waals surface area contributed by atoms with Crippen molar-refractivity contribution in [2.24, 2.45) is 0 Å². The fourth-order valence-corrected chi connectivity index (χ4v) is 2.64. The Kier molecular flexibility index (Phi) is 3.97. The highest BCUT2D eigenvalue weighted by molar-refractivity contribution is 5.57. The molecule has 0 radical (unpaired) electrons. The lowest BCUT2D eigenvalue weighted by molar-refractivity contribution is 0.580. The van der Waals surface area contributed by atoms with E-state index in [4.69, 9.17) is 0 Å². The van der Waals surface area contributed by atoms with E-state index in [1.54, 1.807) is 0 Å². The number of para-hydroxylation sites is 1. The number of fused-ring (bicyclic) bond motifs is 1. The normalized spacial score (nSPS) is 13.8. The molecule has 2 heterocycles. The number of hydrogen-bond donors (Lipinski definition) is 1. The summed E-state index contributed by atoms with van der Waals surface area (Å²) in [6.45, 7) is 6.82. The summed E-state index contributed by atoms with van der Waals surface area (Å²) < 4.78 is 1.94. The monoisotopic (exact) mass is 271 g/mol. The highest BCUT2D eigenvalue weighted by atomic mass is 15.4.